The van der Waals surface area contributed by atoms with Crippen molar-refractivity contribution < 1.29 is 32.9 Å². The molecule has 0 fully saturated rings. The molecular weight excluding hydrogens is 555 g/mol. The Kier molecular flexibility index (Phi) is 6.32. The highest BCUT2D eigenvalue weighted by Crippen LogP contribution is 2.51. The van der Waals surface area contributed by atoms with Crippen molar-refractivity contribution in [2.24, 2.45) is 0 Å². The maximum Gasteiger partial charge on any atom is 0.780 e. The number of benzene rings is 3. The lowest BCUT2D eigenvalue weighted by atomic mass is 9.78. The van der Waals surface area contributed by atoms with E-state index in [1.165, 1.54) is 0 Å². The van der Waals surface area contributed by atoms with E-state index in [1.54, 1.807) is 13.8 Å². The molecular formula is C35H33BN2O6. The largest absolute Gasteiger partial charge is 0.780 e. The zero-order valence-electron chi connectivity index (χ0n) is 25.7. The van der Waals surface area contributed by atoms with E-state index in [9.17, 15) is 9.59 Å². The van der Waals surface area contributed by atoms with Crippen LogP contribution in [0.3, 0.4) is 0 Å². The van der Waals surface area contributed by atoms with Crippen LogP contribution in [-0.2, 0) is 14.3 Å². The van der Waals surface area contributed by atoms with E-state index in [1.807, 2.05) is 103 Å². The molecule has 1 aromatic heterocycles. The first-order chi connectivity index (χ1) is 21.2. The van der Waals surface area contributed by atoms with Crippen LogP contribution < -0.4 is 9.31 Å². The van der Waals surface area contributed by atoms with Crippen molar-refractivity contribution >= 4 is 40.8 Å². The molecule has 1 spiro atoms. The molecule has 222 valence electrons. The van der Waals surface area contributed by atoms with E-state index in [2.05, 4.69) is 0 Å². The van der Waals surface area contributed by atoms with Crippen molar-refractivity contribution in [1.82, 2.24) is 4.48 Å². The molecule has 3 aliphatic heterocycles. The Hall–Kier alpha value is -5.05. The van der Waals surface area contributed by atoms with Crippen molar-refractivity contribution in [3.63, 3.8) is 0 Å². The third kappa shape index (κ3) is 3.68. The number of carbonyl (C=O) groups excluding carboxylic acids is 2. The fourth-order valence-electron chi connectivity index (χ4n) is 7.21. The first-order valence-corrected chi connectivity index (χ1v) is 15.0. The SMILES string of the molecule is CCOC(=O)C1=C(C)C2=C(c3ccccc3)c3c(C)c(C(=O)OCC)c(C)n3[B-]3(Oc4cc5ccccc5cc4O3)[N+]2=C1C. The van der Waals surface area contributed by atoms with Gasteiger partial charge in [-0.15, -0.1) is 0 Å². The number of carbonyl (C=O) groups is 2. The van der Waals surface area contributed by atoms with Gasteiger partial charge in [0.15, 0.2) is 5.70 Å². The molecule has 4 aromatic rings. The van der Waals surface area contributed by atoms with Crippen LogP contribution in [0.15, 0.2) is 83.6 Å². The Balaban J connectivity index is 1.61. The number of hydrogen-bond acceptors (Lipinski definition) is 6. The van der Waals surface area contributed by atoms with Gasteiger partial charge in [-0.2, -0.15) is 0 Å². The Morgan fingerprint density at radius 1 is 0.818 bits per heavy atom. The number of nitrogens with zero attached hydrogens (tertiary/aromatic N) is 2. The summed E-state index contributed by atoms with van der Waals surface area (Å²) in [6.07, 6.45) is 0. The van der Waals surface area contributed by atoms with Crippen LogP contribution >= 0.6 is 0 Å². The standard InChI is InChI=1S/C35H33BN2O6/c1-7-41-34(39)29-20(3)32-31(24-14-10-9-11-15-24)33-21(4)30(35(40)42-8-2)23(6)38(33)36(37(32)22(29)5)43-27-18-25-16-12-13-17-26(25)19-28(27)44-36/h9-19H,7-8H2,1-6H3. The Morgan fingerprint density at radius 3 is 1.98 bits per heavy atom. The van der Waals surface area contributed by atoms with Gasteiger partial charge in [-0.05, 0) is 68.7 Å². The Labute approximate surface area is 255 Å². The molecule has 0 radical (unpaired) electrons. The molecule has 9 heteroatoms. The van der Waals surface area contributed by atoms with Gasteiger partial charge in [0.2, 0.25) is 0 Å². The van der Waals surface area contributed by atoms with E-state index < -0.39 is 18.8 Å². The summed E-state index contributed by atoms with van der Waals surface area (Å²) >= 11 is 0. The fraction of sp³-hybridized carbons (Fsp3) is 0.229. The normalized spacial score (nSPS) is 16.1. The molecule has 0 amide bonds. The summed E-state index contributed by atoms with van der Waals surface area (Å²) in [5.74, 6) is 0.343. The fourth-order valence-corrected chi connectivity index (χ4v) is 7.21. The smallest absolute Gasteiger partial charge is 0.599 e. The highest BCUT2D eigenvalue weighted by Gasteiger charge is 2.64. The zero-order chi connectivity index (χ0) is 30.9. The van der Waals surface area contributed by atoms with Gasteiger partial charge in [-0.25, -0.2) is 9.59 Å². The molecule has 0 atom stereocenters. The van der Waals surface area contributed by atoms with Gasteiger partial charge in [-0.1, -0.05) is 54.6 Å². The number of fused-ring (bicyclic) bond motifs is 6. The van der Waals surface area contributed by atoms with Gasteiger partial charge in [0.25, 0.3) is 0 Å². The molecule has 3 aromatic carbocycles. The molecule has 0 N–H and O–H groups in total. The van der Waals surface area contributed by atoms with E-state index in [0.29, 0.717) is 34.0 Å². The molecule has 7 rings (SSSR count). The molecule has 8 nitrogen and oxygen atoms in total. The Morgan fingerprint density at radius 2 is 1.39 bits per heavy atom. The highest BCUT2D eigenvalue weighted by atomic mass is 16.7. The summed E-state index contributed by atoms with van der Waals surface area (Å²) in [7, 11) is 0. The minimum atomic E-state index is -2.60. The van der Waals surface area contributed by atoms with Crippen molar-refractivity contribution in [3.05, 3.63) is 112 Å². The van der Waals surface area contributed by atoms with Gasteiger partial charge in [0.05, 0.1) is 24.4 Å². The van der Waals surface area contributed by atoms with Crippen LogP contribution in [0.1, 0.15) is 60.6 Å². The van der Waals surface area contributed by atoms with Crippen molar-refractivity contribution in [2.45, 2.75) is 41.5 Å². The van der Waals surface area contributed by atoms with Crippen LogP contribution in [-0.4, -0.2) is 46.7 Å². The summed E-state index contributed by atoms with van der Waals surface area (Å²) in [4.78, 5) is 27.0. The van der Waals surface area contributed by atoms with Crippen molar-refractivity contribution in [1.29, 1.82) is 0 Å². The summed E-state index contributed by atoms with van der Waals surface area (Å²) in [6.45, 7) is 9.14. The van der Waals surface area contributed by atoms with Crippen LogP contribution in [0.2, 0.25) is 0 Å². The summed E-state index contributed by atoms with van der Waals surface area (Å²) in [6, 6.07) is 22.0. The van der Waals surface area contributed by atoms with Crippen LogP contribution in [0.25, 0.3) is 16.3 Å². The molecule has 0 unspecified atom stereocenters. The monoisotopic (exact) mass is 588 g/mol. The lowest BCUT2D eigenvalue weighted by molar-refractivity contribution is -0.369. The number of esters is 2. The maximum absolute atomic E-state index is 13.5. The zero-order valence-corrected chi connectivity index (χ0v) is 25.7. The lowest BCUT2D eigenvalue weighted by Crippen LogP contribution is -2.65. The third-order valence-electron chi connectivity index (χ3n) is 8.91. The number of ether oxygens (including phenoxy) is 2. The van der Waals surface area contributed by atoms with E-state index >= 15 is 0 Å². The molecule has 0 aliphatic carbocycles. The van der Waals surface area contributed by atoms with Gasteiger partial charge in [-0.3, -0.25) is 0 Å². The topological polar surface area (TPSA) is 79.0 Å². The van der Waals surface area contributed by atoms with Gasteiger partial charge in [0, 0.05) is 23.9 Å². The highest BCUT2D eigenvalue weighted by molar-refractivity contribution is 6.63. The number of rotatable bonds is 5. The first kappa shape index (κ1) is 27.8. The predicted octanol–water partition coefficient (Wildman–Crippen LogP) is 6.33. The number of allylic oxidation sites excluding steroid dienone is 1. The first-order valence-electron chi connectivity index (χ1n) is 15.0. The van der Waals surface area contributed by atoms with Gasteiger partial charge in [0.1, 0.15) is 22.8 Å². The molecule has 44 heavy (non-hydrogen) atoms. The molecule has 4 heterocycles. The number of hydrogen-bond donors (Lipinski definition) is 0. The number of aromatic nitrogens is 1. The molecule has 0 saturated carbocycles. The van der Waals surface area contributed by atoms with Crippen LogP contribution in [0.5, 0.6) is 11.5 Å². The van der Waals surface area contributed by atoms with Crippen molar-refractivity contribution in [2.75, 3.05) is 13.2 Å². The Bertz CT molecular complexity index is 1970. The van der Waals surface area contributed by atoms with Crippen LogP contribution in [0.4, 0.5) is 0 Å². The molecule has 3 aliphatic rings. The van der Waals surface area contributed by atoms with E-state index in [0.717, 1.165) is 44.4 Å². The van der Waals surface area contributed by atoms with E-state index in [4.69, 9.17) is 18.8 Å². The summed E-state index contributed by atoms with van der Waals surface area (Å²) in [5, 5.41) is 2.02. The average molecular weight is 588 g/mol. The second-order valence-corrected chi connectivity index (χ2v) is 11.3. The summed E-state index contributed by atoms with van der Waals surface area (Å²) < 4.78 is 29.1. The minimum absolute atomic E-state index is 0.246. The third-order valence-corrected chi connectivity index (χ3v) is 8.91. The lowest BCUT2D eigenvalue weighted by Gasteiger charge is -2.39. The van der Waals surface area contributed by atoms with E-state index in [-0.39, 0.29) is 13.2 Å². The van der Waals surface area contributed by atoms with Gasteiger partial charge >= 0.3 is 18.8 Å². The minimum Gasteiger partial charge on any atom is -0.599 e. The second-order valence-electron chi connectivity index (χ2n) is 11.3. The van der Waals surface area contributed by atoms with Crippen LogP contribution in [0, 0.1) is 13.8 Å². The average Bonchev–Trinajstić information content (AvgIpc) is 3.59. The maximum atomic E-state index is 13.5. The van der Waals surface area contributed by atoms with Gasteiger partial charge < -0.3 is 27.7 Å². The summed E-state index contributed by atoms with van der Waals surface area (Å²) in [5.41, 5.74) is 7.07. The molecule has 0 saturated heterocycles. The van der Waals surface area contributed by atoms with Crippen molar-refractivity contribution in [3.8, 4) is 11.5 Å². The molecule has 0 bridgehead atoms. The quantitative estimate of drug-likeness (QED) is 0.200. The predicted molar refractivity (Wildman–Crippen MR) is 169 cm³/mol. The second kappa shape index (κ2) is 10.0.